The van der Waals surface area contributed by atoms with Gasteiger partial charge in [0.2, 0.25) is 0 Å². The minimum atomic E-state index is -0.609. The highest BCUT2D eigenvalue weighted by molar-refractivity contribution is 6.06. The number of benzene rings is 2. The molecule has 0 unspecified atom stereocenters. The molecule has 0 aliphatic carbocycles. The summed E-state index contributed by atoms with van der Waals surface area (Å²) in [5.41, 5.74) is 3.27. The summed E-state index contributed by atoms with van der Waals surface area (Å²) in [5, 5.41) is 8.57. The zero-order valence-corrected chi connectivity index (χ0v) is 19.9. The Morgan fingerprint density at radius 1 is 1.15 bits per heavy atom. The predicted octanol–water partition coefficient (Wildman–Crippen LogP) is 4.88. The lowest BCUT2D eigenvalue weighted by Gasteiger charge is -2.23. The van der Waals surface area contributed by atoms with Gasteiger partial charge in [-0.2, -0.15) is 0 Å². The van der Waals surface area contributed by atoms with Gasteiger partial charge in [0, 0.05) is 24.1 Å². The zero-order chi connectivity index (χ0) is 23.9. The van der Waals surface area contributed by atoms with Crippen LogP contribution in [0.4, 0.5) is 4.39 Å². The van der Waals surface area contributed by atoms with E-state index in [0.29, 0.717) is 30.1 Å². The molecule has 33 heavy (non-hydrogen) atoms. The molecule has 0 aromatic heterocycles. The Bertz CT molecular complexity index is 1120. The van der Waals surface area contributed by atoms with E-state index in [-0.39, 0.29) is 48.0 Å². The van der Waals surface area contributed by atoms with Crippen molar-refractivity contribution >= 4 is 11.6 Å². The number of hydrogen-bond donors (Lipinski definition) is 1. The van der Waals surface area contributed by atoms with Crippen LogP contribution in [-0.4, -0.2) is 42.9 Å². The monoisotopic (exact) mass is 454 g/mol. The highest BCUT2D eigenvalue weighted by Gasteiger charge is 2.34. The number of nitrogens with zero attached hydrogens (tertiary/aromatic N) is 1. The van der Waals surface area contributed by atoms with Gasteiger partial charge in [-0.25, -0.2) is 4.39 Å². The minimum Gasteiger partial charge on any atom is -0.493 e. The second kappa shape index (κ2) is 8.69. The maximum Gasteiger partial charge on any atom is 0.197 e. The zero-order valence-electron chi connectivity index (χ0n) is 19.9. The molecule has 2 heterocycles. The van der Waals surface area contributed by atoms with Gasteiger partial charge in [0.1, 0.15) is 11.6 Å². The average molecular weight is 455 g/mol. The molecule has 2 aliphatic heterocycles. The Morgan fingerprint density at radius 2 is 1.88 bits per heavy atom. The molecular formula is C26H31FN2O4. The second-order valence-electron chi connectivity index (χ2n) is 9.41. The molecule has 176 valence electrons. The van der Waals surface area contributed by atoms with Crippen molar-refractivity contribution in [3.63, 3.8) is 0 Å². The van der Waals surface area contributed by atoms with E-state index in [0.717, 1.165) is 23.3 Å². The van der Waals surface area contributed by atoms with E-state index >= 15 is 4.39 Å². The lowest BCUT2D eigenvalue weighted by Crippen LogP contribution is -2.30. The quantitative estimate of drug-likeness (QED) is 0.604. The normalized spacial score (nSPS) is 14.7. The van der Waals surface area contributed by atoms with Gasteiger partial charge in [0.15, 0.2) is 23.1 Å². The molecule has 0 fully saturated rings. The first-order valence-electron chi connectivity index (χ1n) is 11.4. The fourth-order valence-corrected chi connectivity index (χ4v) is 4.45. The van der Waals surface area contributed by atoms with E-state index in [1.54, 1.807) is 17.9 Å². The third-order valence-electron chi connectivity index (χ3n) is 6.02. The van der Waals surface area contributed by atoms with Crippen LogP contribution < -0.4 is 14.2 Å². The number of Topliss-reactive ketones (excluding diaryl/α,β-unsaturated/α-hetero) is 1. The van der Waals surface area contributed by atoms with Gasteiger partial charge >= 0.3 is 0 Å². The van der Waals surface area contributed by atoms with Crippen LogP contribution in [0.25, 0.3) is 0 Å². The summed E-state index contributed by atoms with van der Waals surface area (Å²) in [5.74, 6) is 0.495. The van der Waals surface area contributed by atoms with Crippen molar-refractivity contribution in [3.8, 4) is 17.2 Å². The van der Waals surface area contributed by atoms with Crippen molar-refractivity contribution in [2.75, 3.05) is 26.4 Å². The van der Waals surface area contributed by atoms with Gasteiger partial charge in [-0.3, -0.25) is 10.2 Å². The van der Waals surface area contributed by atoms with Crippen LogP contribution in [0.1, 0.15) is 67.2 Å². The van der Waals surface area contributed by atoms with Crippen molar-refractivity contribution in [1.29, 1.82) is 5.41 Å². The largest absolute Gasteiger partial charge is 0.493 e. The standard InChI is InChI=1S/C26H31FN2O4/c1-6-31-20-12-17-13-29(25(28)21(17)22(27)24(20)32-7-2)14-19(30)16-10-15-8-9-33-23(15)18(11-16)26(3,4)5/h10-12,28H,6-9,13-14H2,1-5H3. The van der Waals surface area contributed by atoms with Gasteiger partial charge in [-0.1, -0.05) is 20.8 Å². The minimum absolute atomic E-state index is 0.00981. The van der Waals surface area contributed by atoms with Gasteiger partial charge in [-0.05, 0) is 48.6 Å². The van der Waals surface area contributed by atoms with Crippen molar-refractivity contribution < 1.29 is 23.4 Å². The highest BCUT2D eigenvalue weighted by Crippen LogP contribution is 2.40. The fraction of sp³-hybridized carbons (Fsp3) is 0.462. The van der Waals surface area contributed by atoms with E-state index in [1.165, 1.54) is 0 Å². The van der Waals surface area contributed by atoms with Crippen LogP contribution in [0.15, 0.2) is 18.2 Å². The number of ether oxygens (including phenoxy) is 3. The second-order valence-corrected chi connectivity index (χ2v) is 9.41. The summed E-state index contributed by atoms with van der Waals surface area (Å²) in [6.07, 6.45) is 0.774. The van der Waals surface area contributed by atoms with Gasteiger partial charge in [0.05, 0.1) is 31.9 Å². The number of halogens is 1. The number of ketones is 1. The molecule has 2 aromatic carbocycles. The summed E-state index contributed by atoms with van der Waals surface area (Å²) in [4.78, 5) is 14.9. The fourth-order valence-electron chi connectivity index (χ4n) is 4.45. The number of fused-ring (bicyclic) bond motifs is 2. The summed E-state index contributed by atoms with van der Waals surface area (Å²) in [6, 6.07) is 5.52. The summed E-state index contributed by atoms with van der Waals surface area (Å²) >= 11 is 0. The first-order valence-corrected chi connectivity index (χ1v) is 11.4. The summed E-state index contributed by atoms with van der Waals surface area (Å²) in [6.45, 7) is 11.4. The van der Waals surface area contributed by atoms with Crippen LogP contribution in [0, 0.1) is 11.2 Å². The van der Waals surface area contributed by atoms with Gasteiger partial charge < -0.3 is 19.1 Å². The molecule has 2 aromatic rings. The Balaban J connectivity index is 1.62. The molecule has 6 nitrogen and oxygen atoms in total. The van der Waals surface area contributed by atoms with E-state index in [9.17, 15) is 4.79 Å². The number of rotatable bonds is 7. The van der Waals surface area contributed by atoms with E-state index in [4.69, 9.17) is 19.6 Å². The molecule has 4 rings (SSSR count). The van der Waals surface area contributed by atoms with Crippen LogP contribution >= 0.6 is 0 Å². The Labute approximate surface area is 194 Å². The van der Waals surface area contributed by atoms with E-state index < -0.39 is 5.82 Å². The molecule has 0 saturated heterocycles. The number of carbonyl (C=O) groups is 1. The van der Waals surface area contributed by atoms with Crippen LogP contribution in [-0.2, 0) is 18.4 Å². The predicted molar refractivity (Wildman–Crippen MR) is 125 cm³/mol. The molecule has 0 spiro atoms. The Hall–Kier alpha value is -3.09. The maximum atomic E-state index is 15.3. The molecule has 0 saturated carbocycles. The Kier molecular flexibility index (Phi) is 6.08. The van der Waals surface area contributed by atoms with E-state index in [1.807, 2.05) is 19.1 Å². The van der Waals surface area contributed by atoms with Crippen LogP contribution in [0.2, 0.25) is 0 Å². The SMILES string of the molecule is CCOc1cc2c(c(F)c1OCC)C(=N)N(CC(=O)c1cc3c(c(C(C)(C)C)c1)OCC3)C2. The topological polar surface area (TPSA) is 71.9 Å². The van der Waals surface area contributed by atoms with Crippen molar-refractivity contribution in [2.24, 2.45) is 0 Å². The summed E-state index contributed by atoms with van der Waals surface area (Å²) in [7, 11) is 0. The van der Waals surface area contributed by atoms with Gasteiger partial charge in [0.25, 0.3) is 0 Å². The molecule has 0 bridgehead atoms. The van der Waals surface area contributed by atoms with E-state index in [2.05, 4.69) is 20.8 Å². The molecule has 0 radical (unpaired) electrons. The van der Waals surface area contributed by atoms with Crippen molar-refractivity contribution in [2.45, 2.75) is 53.0 Å². The number of carbonyl (C=O) groups excluding carboxylic acids is 1. The molecule has 1 N–H and O–H groups in total. The number of amidine groups is 1. The third-order valence-corrected chi connectivity index (χ3v) is 6.02. The van der Waals surface area contributed by atoms with Gasteiger partial charge in [-0.15, -0.1) is 0 Å². The molecule has 7 heteroatoms. The first-order chi connectivity index (χ1) is 15.7. The maximum absolute atomic E-state index is 15.3. The summed E-state index contributed by atoms with van der Waals surface area (Å²) < 4.78 is 32.2. The first kappa shape index (κ1) is 23.1. The molecular weight excluding hydrogens is 423 g/mol. The molecule has 0 amide bonds. The lowest BCUT2D eigenvalue weighted by molar-refractivity contribution is 0.0962. The smallest absolute Gasteiger partial charge is 0.197 e. The van der Waals surface area contributed by atoms with Crippen LogP contribution in [0.3, 0.4) is 0 Å². The van der Waals surface area contributed by atoms with Crippen molar-refractivity contribution in [1.82, 2.24) is 4.90 Å². The molecule has 0 atom stereocenters. The lowest BCUT2D eigenvalue weighted by atomic mass is 9.83. The Morgan fingerprint density at radius 3 is 2.55 bits per heavy atom. The average Bonchev–Trinajstić information content (AvgIpc) is 3.34. The van der Waals surface area contributed by atoms with Crippen molar-refractivity contribution in [3.05, 3.63) is 51.8 Å². The third kappa shape index (κ3) is 4.16. The number of nitrogens with one attached hydrogen (secondary N) is 1. The number of hydrogen-bond acceptors (Lipinski definition) is 5. The highest BCUT2D eigenvalue weighted by atomic mass is 19.1. The molecule has 2 aliphatic rings. The van der Waals surface area contributed by atoms with Crippen LogP contribution in [0.5, 0.6) is 17.2 Å².